The second-order valence-electron chi connectivity index (χ2n) is 4.15. The summed E-state index contributed by atoms with van der Waals surface area (Å²) in [6, 6.07) is 1.40. The number of carbonyl (C=O) groups is 1. The summed E-state index contributed by atoms with van der Waals surface area (Å²) < 4.78 is 26.1. The van der Waals surface area contributed by atoms with Gasteiger partial charge in [0.25, 0.3) is 0 Å². The third kappa shape index (κ3) is 4.77. The molecule has 0 atom stereocenters. The van der Waals surface area contributed by atoms with E-state index in [9.17, 15) is 13.2 Å². The monoisotopic (exact) mass is 305 g/mol. The highest BCUT2D eigenvalue weighted by molar-refractivity contribution is 7.89. The second-order valence-corrected chi connectivity index (χ2v) is 6.29. The lowest BCUT2D eigenvalue weighted by molar-refractivity contribution is -0.123. The molecule has 0 saturated carbocycles. The van der Waals surface area contributed by atoms with Gasteiger partial charge < -0.3 is 5.32 Å². The van der Waals surface area contributed by atoms with Gasteiger partial charge in [-0.25, -0.2) is 13.1 Å². The topological polar surface area (TPSA) is 88.2 Å². The maximum absolute atomic E-state index is 11.9. The Morgan fingerprint density at radius 2 is 2.11 bits per heavy atom. The van der Waals surface area contributed by atoms with Crippen LogP contribution < -0.4 is 10.0 Å². The van der Waals surface area contributed by atoms with Gasteiger partial charge in [0.1, 0.15) is 4.90 Å². The second kappa shape index (κ2) is 6.83. The molecule has 1 aromatic rings. The number of rotatable bonds is 6. The van der Waals surface area contributed by atoms with Crippen LogP contribution in [0.15, 0.2) is 23.4 Å². The standard InChI is InChI=1S/C11H16ClN3O3S/c1-8(2)11(16)14-5-6-15-19(17,18)10-7-13-4-3-9(10)12/h3-4,7-8,15H,5-6H2,1-2H3,(H,14,16). The van der Waals surface area contributed by atoms with Crippen LogP contribution in [0.25, 0.3) is 0 Å². The van der Waals surface area contributed by atoms with E-state index in [0.717, 1.165) is 0 Å². The van der Waals surface area contributed by atoms with Crippen molar-refractivity contribution < 1.29 is 13.2 Å². The van der Waals surface area contributed by atoms with Crippen LogP contribution in [0.2, 0.25) is 5.02 Å². The van der Waals surface area contributed by atoms with Crippen molar-refractivity contribution in [1.82, 2.24) is 15.0 Å². The van der Waals surface area contributed by atoms with Gasteiger partial charge in [-0.1, -0.05) is 25.4 Å². The van der Waals surface area contributed by atoms with Crippen molar-refractivity contribution >= 4 is 27.5 Å². The van der Waals surface area contributed by atoms with Crippen LogP contribution in [0.3, 0.4) is 0 Å². The zero-order chi connectivity index (χ0) is 14.5. The normalized spacial score (nSPS) is 11.6. The highest BCUT2D eigenvalue weighted by Gasteiger charge is 2.17. The first-order valence-corrected chi connectivity index (χ1v) is 7.57. The van der Waals surface area contributed by atoms with E-state index < -0.39 is 10.0 Å². The van der Waals surface area contributed by atoms with Crippen molar-refractivity contribution in [2.75, 3.05) is 13.1 Å². The van der Waals surface area contributed by atoms with Gasteiger partial charge in [-0.05, 0) is 6.07 Å². The van der Waals surface area contributed by atoms with Gasteiger partial charge in [-0.15, -0.1) is 0 Å². The molecule has 0 aliphatic rings. The Kier molecular flexibility index (Phi) is 5.71. The van der Waals surface area contributed by atoms with Crippen molar-refractivity contribution in [1.29, 1.82) is 0 Å². The van der Waals surface area contributed by atoms with Gasteiger partial charge in [0.05, 0.1) is 5.02 Å². The quantitative estimate of drug-likeness (QED) is 0.760. The summed E-state index contributed by atoms with van der Waals surface area (Å²) in [4.78, 5) is 14.9. The highest BCUT2D eigenvalue weighted by atomic mass is 35.5. The third-order valence-corrected chi connectivity index (χ3v) is 4.19. The van der Waals surface area contributed by atoms with E-state index in [1.165, 1.54) is 18.5 Å². The number of amides is 1. The van der Waals surface area contributed by atoms with Gasteiger partial charge in [0, 0.05) is 31.4 Å². The predicted molar refractivity (Wildman–Crippen MR) is 72.3 cm³/mol. The molecule has 106 valence electrons. The van der Waals surface area contributed by atoms with Crippen LogP contribution in [0.5, 0.6) is 0 Å². The molecule has 1 rings (SSSR count). The predicted octanol–water partition coefficient (Wildman–Crippen LogP) is 0.786. The molecule has 0 saturated heterocycles. The van der Waals surface area contributed by atoms with Crippen molar-refractivity contribution in [3.05, 3.63) is 23.5 Å². The molecule has 19 heavy (non-hydrogen) atoms. The molecule has 0 unspecified atom stereocenters. The first-order chi connectivity index (χ1) is 8.84. The average molecular weight is 306 g/mol. The summed E-state index contributed by atoms with van der Waals surface area (Å²) in [6.45, 7) is 3.82. The number of nitrogens with zero attached hydrogens (tertiary/aromatic N) is 1. The van der Waals surface area contributed by atoms with E-state index in [2.05, 4.69) is 15.0 Å². The Hall–Kier alpha value is -1.18. The van der Waals surface area contributed by atoms with Crippen LogP contribution in [0.4, 0.5) is 0 Å². The third-order valence-electron chi connectivity index (χ3n) is 2.26. The zero-order valence-electron chi connectivity index (χ0n) is 10.7. The molecule has 0 fully saturated rings. The minimum absolute atomic E-state index is 0.0770. The van der Waals surface area contributed by atoms with E-state index in [1.54, 1.807) is 13.8 Å². The largest absolute Gasteiger partial charge is 0.355 e. The Morgan fingerprint density at radius 1 is 1.42 bits per heavy atom. The van der Waals surface area contributed by atoms with E-state index in [1.807, 2.05) is 0 Å². The Balaban J connectivity index is 2.53. The molecule has 1 heterocycles. The number of nitrogens with one attached hydrogen (secondary N) is 2. The van der Waals surface area contributed by atoms with Gasteiger partial charge in [0.2, 0.25) is 15.9 Å². The average Bonchev–Trinajstić information content (AvgIpc) is 2.34. The van der Waals surface area contributed by atoms with Crippen LogP contribution in [0, 0.1) is 5.92 Å². The van der Waals surface area contributed by atoms with Crippen molar-refractivity contribution in [3.63, 3.8) is 0 Å². The van der Waals surface area contributed by atoms with Crippen LogP contribution in [-0.4, -0.2) is 32.4 Å². The van der Waals surface area contributed by atoms with Gasteiger partial charge in [0.15, 0.2) is 0 Å². The number of sulfonamides is 1. The number of carbonyl (C=O) groups excluding carboxylic acids is 1. The molecule has 6 nitrogen and oxygen atoms in total. The summed E-state index contributed by atoms with van der Waals surface area (Å²) in [5, 5.41) is 2.71. The lowest BCUT2D eigenvalue weighted by atomic mass is 10.2. The number of halogens is 1. The van der Waals surface area contributed by atoms with E-state index in [4.69, 9.17) is 11.6 Å². The fourth-order valence-electron chi connectivity index (χ4n) is 1.21. The molecule has 2 N–H and O–H groups in total. The Labute approximate surface area is 117 Å². The molecule has 1 aromatic heterocycles. The molecule has 0 radical (unpaired) electrons. The highest BCUT2D eigenvalue weighted by Crippen LogP contribution is 2.18. The van der Waals surface area contributed by atoms with E-state index in [0.29, 0.717) is 0 Å². The molecule has 0 aliphatic carbocycles. The maximum Gasteiger partial charge on any atom is 0.243 e. The smallest absolute Gasteiger partial charge is 0.243 e. The van der Waals surface area contributed by atoms with Crippen molar-refractivity contribution in [3.8, 4) is 0 Å². The molecular formula is C11H16ClN3O3S. The minimum atomic E-state index is -3.70. The summed E-state index contributed by atoms with van der Waals surface area (Å²) in [5.74, 6) is -0.261. The summed E-state index contributed by atoms with van der Waals surface area (Å²) in [6.07, 6.45) is 2.58. The fourth-order valence-corrected chi connectivity index (χ4v) is 2.67. The SMILES string of the molecule is CC(C)C(=O)NCCNS(=O)(=O)c1cnccc1Cl. The molecule has 0 bridgehead atoms. The first kappa shape index (κ1) is 15.9. The lowest BCUT2D eigenvalue weighted by Gasteiger charge is -2.09. The van der Waals surface area contributed by atoms with E-state index >= 15 is 0 Å². The number of pyridine rings is 1. The Bertz CT molecular complexity index is 546. The van der Waals surface area contributed by atoms with Gasteiger partial charge in [-0.2, -0.15) is 0 Å². The molecule has 1 amide bonds. The lowest BCUT2D eigenvalue weighted by Crippen LogP contribution is -2.36. The van der Waals surface area contributed by atoms with E-state index in [-0.39, 0.29) is 34.8 Å². The van der Waals surface area contributed by atoms with Gasteiger partial charge in [-0.3, -0.25) is 9.78 Å². The van der Waals surface area contributed by atoms with Crippen molar-refractivity contribution in [2.45, 2.75) is 18.7 Å². The number of hydrogen-bond donors (Lipinski definition) is 2. The first-order valence-electron chi connectivity index (χ1n) is 5.71. The molecule has 0 spiro atoms. The maximum atomic E-state index is 11.9. The summed E-state index contributed by atoms with van der Waals surface area (Å²) >= 11 is 5.78. The minimum Gasteiger partial charge on any atom is -0.355 e. The zero-order valence-corrected chi connectivity index (χ0v) is 12.3. The number of aromatic nitrogens is 1. The summed E-state index contributed by atoms with van der Waals surface area (Å²) in [5.41, 5.74) is 0. The molecule has 0 aromatic carbocycles. The fraction of sp³-hybridized carbons (Fsp3) is 0.455. The van der Waals surface area contributed by atoms with Crippen molar-refractivity contribution in [2.24, 2.45) is 5.92 Å². The molecule has 8 heteroatoms. The Morgan fingerprint density at radius 3 is 2.68 bits per heavy atom. The summed E-state index contributed by atoms with van der Waals surface area (Å²) in [7, 11) is -3.70. The number of hydrogen-bond acceptors (Lipinski definition) is 4. The molecule has 0 aliphatic heterocycles. The molecular weight excluding hydrogens is 290 g/mol. The van der Waals surface area contributed by atoms with Crippen LogP contribution in [-0.2, 0) is 14.8 Å². The van der Waals surface area contributed by atoms with Gasteiger partial charge >= 0.3 is 0 Å². The van der Waals surface area contributed by atoms with Crippen LogP contribution in [0.1, 0.15) is 13.8 Å². The van der Waals surface area contributed by atoms with Crippen LogP contribution >= 0.6 is 11.6 Å².